The Morgan fingerprint density at radius 2 is 1.97 bits per heavy atom. The molecule has 2 atom stereocenters. The number of benzene rings is 2. The molecule has 0 aliphatic carbocycles. The molecule has 7 nitrogen and oxygen atoms in total. The molecule has 3 N–H and O–H groups in total. The smallest absolute Gasteiger partial charge is 0.251 e. The first-order valence-corrected chi connectivity index (χ1v) is 10.3. The van der Waals surface area contributed by atoms with E-state index in [-0.39, 0.29) is 19.1 Å². The van der Waals surface area contributed by atoms with Crippen molar-refractivity contribution in [2.75, 3.05) is 13.2 Å². The molecule has 2 aromatic carbocycles. The lowest BCUT2D eigenvalue weighted by atomic mass is 9.99. The highest BCUT2D eigenvalue weighted by Gasteiger charge is 2.35. The number of pyridine rings is 1. The lowest BCUT2D eigenvalue weighted by molar-refractivity contribution is -0.133. The van der Waals surface area contributed by atoms with Gasteiger partial charge >= 0.3 is 0 Å². The van der Waals surface area contributed by atoms with Gasteiger partial charge in [0.05, 0.1) is 35.7 Å². The molecule has 1 aliphatic heterocycles. The van der Waals surface area contributed by atoms with Crippen LogP contribution in [0.1, 0.15) is 27.2 Å². The minimum Gasteiger partial charge on any atom is -0.378 e. The maximum absolute atomic E-state index is 12.6. The molecular weight excluding hydrogens is 418 g/mol. The summed E-state index contributed by atoms with van der Waals surface area (Å²) in [6, 6.07) is 14.6. The number of ether oxygens (including phenoxy) is 1. The van der Waals surface area contributed by atoms with Crippen molar-refractivity contribution in [2.24, 2.45) is 5.92 Å². The van der Waals surface area contributed by atoms with E-state index in [1.807, 2.05) is 43.3 Å². The lowest BCUT2D eigenvalue weighted by Gasteiger charge is -2.17. The number of nitrogens with zero attached hydrogens (tertiary/aromatic N) is 1. The monoisotopic (exact) mass is 439 g/mol. The number of fused-ring (bicyclic) bond motifs is 1. The van der Waals surface area contributed by atoms with Gasteiger partial charge in [-0.1, -0.05) is 35.9 Å². The van der Waals surface area contributed by atoms with Crippen LogP contribution in [0.5, 0.6) is 0 Å². The van der Waals surface area contributed by atoms with E-state index >= 15 is 0 Å². The fourth-order valence-electron chi connectivity index (χ4n) is 3.86. The number of carbonyl (C=O) groups is 2. The zero-order valence-electron chi connectivity index (χ0n) is 16.9. The summed E-state index contributed by atoms with van der Waals surface area (Å²) in [4.78, 5) is 28.8. The quantitative estimate of drug-likeness (QED) is 0.419. The van der Waals surface area contributed by atoms with Crippen molar-refractivity contribution in [1.82, 2.24) is 15.8 Å². The van der Waals surface area contributed by atoms with Crippen molar-refractivity contribution in [1.29, 1.82) is 0 Å². The maximum Gasteiger partial charge on any atom is 0.251 e. The first-order valence-electron chi connectivity index (χ1n) is 9.92. The van der Waals surface area contributed by atoms with Gasteiger partial charge in [0.15, 0.2) is 0 Å². The van der Waals surface area contributed by atoms with Crippen molar-refractivity contribution in [3.63, 3.8) is 0 Å². The minimum absolute atomic E-state index is 0.152. The molecule has 1 fully saturated rings. The van der Waals surface area contributed by atoms with Gasteiger partial charge in [-0.15, -0.1) is 0 Å². The molecule has 2 heterocycles. The first-order chi connectivity index (χ1) is 15.0. The Balaban J connectivity index is 1.49. The topological polar surface area (TPSA) is 101 Å². The summed E-state index contributed by atoms with van der Waals surface area (Å²) in [6.45, 7) is 2.31. The Labute approximate surface area is 184 Å². The summed E-state index contributed by atoms with van der Waals surface area (Å²) in [5.41, 5.74) is 5.94. The third kappa shape index (κ3) is 4.54. The Hall–Kier alpha value is -3.00. The highest BCUT2D eigenvalue weighted by atomic mass is 35.5. The van der Waals surface area contributed by atoms with E-state index < -0.39 is 17.9 Å². The van der Waals surface area contributed by atoms with Gasteiger partial charge in [0.2, 0.25) is 0 Å². The number of carbonyl (C=O) groups excluding carboxylic acids is 2. The Morgan fingerprint density at radius 1 is 1.19 bits per heavy atom. The number of nitrogens with one attached hydrogen (secondary N) is 2. The maximum atomic E-state index is 12.6. The fraction of sp³-hybridized carbons (Fsp3) is 0.261. The van der Waals surface area contributed by atoms with Crippen LogP contribution in [-0.4, -0.2) is 41.3 Å². The zero-order valence-corrected chi connectivity index (χ0v) is 17.6. The normalized spacial score (nSPS) is 18.2. The average molecular weight is 440 g/mol. The number of aryl methyl sites for hydroxylation is 1. The van der Waals surface area contributed by atoms with E-state index in [1.165, 1.54) is 0 Å². The number of para-hydroxylation sites is 1. The number of aromatic nitrogens is 1. The molecule has 0 saturated carbocycles. The van der Waals surface area contributed by atoms with Crippen LogP contribution in [0, 0.1) is 12.8 Å². The second-order valence-corrected chi connectivity index (χ2v) is 8.04. The van der Waals surface area contributed by atoms with E-state index in [9.17, 15) is 9.59 Å². The van der Waals surface area contributed by atoms with Crippen LogP contribution < -0.4 is 10.8 Å². The summed E-state index contributed by atoms with van der Waals surface area (Å²) in [5, 5.41) is 13.3. The van der Waals surface area contributed by atoms with Gasteiger partial charge in [0.1, 0.15) is 0 Å². The van der Waals surface area contributed by atoms with Crippen LogP contribution in [0.3, 0.4) is 0 Å². The largest absolute Gasteiger partial charge is 0.378 e. The van der Waals surface area contributed by atoms with Crippen LogP contribution >= 0.6 is 11.6 Å². The van der Waals surface area contributed by atoms with Crippen molar-refractivity contribution in [3.8, 4) is 0 Å². The molecule has 31 heavy (non-hydrogen) atoms. The van der Waals surface area contributed by atoms with E-state index in [1.54, 1.807) is 17.6 Å². The molecule has 0 spiro atoms. The highest BCUT2D eigenvalue weighted by Crippen LogP contribution is 2.27. The molecule has 0 unspecified atom stereocenters. The molecule has 1 aromatic heterocycles. The van der Waals surface area contributed by atoms with Crippen molar-refractivity contribution in [3.05, 3.63) is 75.9 Å². The standard InChI is InChI=1S/C23H22ClN3O4/c1-13-9-16(17-3-2-4-19(24)21(17)25-13)10-14-5-7-15(8-6-14)22(28)26-20-12-31-11-18(20)23(29)27-30/h2-9,18,20,30H,10-12H2,1H3,(H,26,28)(H,27,29)/t18-,20+/m0/s1. The molecule has 1 aliphatic rings. The molecule has 3 aromatic rings. The van der Waals surface area contributed by atoms with Crippen molar-refractivity contribution in [2.45, 2.75) is 19.4 Å². The summed E-state index contributed by atoms with van der Waals surface area (Å²) in [6.07, 6.45) is 0.678. The second kappa shape index (κ2) is 9.01. The Bertz CT molecular complexity index is 1130. The van der Waals surface area contributed by atoms with E-state index in [4.69, 9.17) is 21.5 Å². The molecule has 160 valence electrons. The van der Waals surface area contributed by atoms with Gasteiger partial charge in [0, 0.05) is 16.6 Å². The van der Waals surface area contributed by atoms with Crippen LogP contribution in [-0.2, 0) is 16.0 Å². The highest BCUT2D eigenvalue weighted by molar-refractivity contribution is 6.35. The predicted molar refractivity (Wildman–Crippen MR) is 116 cm³/mol. The summed E-state index contributed by atoms with van der Waals surface area (Å²) in [7, 11) is 0. The number of halogens is 1. The zero-order chi connectivity index (χ0) is 22.0. The first kappa shape index (κ1) is 21.2. The third-order valence-corrected chi connectivity index (χ3v) is 5.76. The van der Waals surface area contributed by atoms with Crippen LogP contribution in [0.2, 0.25) is 5.02 Å². The van der Waals surface area contributed by atoms with Gasteiger partial charge in [0.25, 0.3) is 11.8 Å². The van der Waals surface area contributed by atoms with E-state index in [2.05, 4.69) is 10.3 Å². The number of amides is 2. The SMILES string of the molecule is Cc1cc(Cc2ccc(C(=O)N[C@@H]3COC[C@@H]3C(=O)NO)cc2)c2cccc(Cl)c2n1. The molecule has 4 rings (SSSR count). The van der Waals surface area contributed by atoms with Crippen LogP contribution in [0.4, 0.5) is 0 Å². The third-order valence-electron chi connectivity index (χ3n) is 5.46. The number of hydroxylamine groups is 1. The number of hydrogen-bond donors (Lipinski definition) is 3. The Morgan fingerprint density at radius 3 is 2.71 bits per heavy atom. The van der Waals surface area contributed by atoms with Gasteiger partial charge in [-0.05, 0) is 48.7 Å². The van der Waals surface area contributed by atoms with Crippen molar-refractivity contribution < 1.29 is 19.5 Å². The molecule has 0 bridgehead atoms. The average Bonchev–Trinajstić information content (AvgIpc) is 3.22. The van der Waals surface area contributed by atoms with Gasteiger partial charge in [-0.25, -0.2) is 5.48 Å². The molecule has 8 heteroatoms. The Kier molecular flexibility index (Phi) is 6.18. The van der Waals surface area contributed by atoms with Gasteiger partial charge in [-0.2, -0.15) is 0 Å². The van der Waals surface area contributed by atoms with E-state index in [0.29, 0.717) is 17.0 Å². The molecule has 2 amide bonds. The summed E-state index contributed by atoms with van der Waals surface area (Å²) < 4.78 is 5.27. The molecular formula is C23H22ClN3O4. The minimum atomic E-state index is -0.622. The second-order valence-electron chi connectivity index (χ2n) is 7.63. The van der Waals surface area contributed by atoms with Crippen LogP contribution in [0.25, 0.3) is 10.9 Å². The lowest BCUT2D eigenvalue weighted by Crippen LogP contribution is -2.45. The number of rotatable bonds is 5. The predicted octanol–water partition coefficient (Wildman–Crippen LogP) is 3.04. The van der Waals surface area contributed by atoms with Gasteiger partial charge in [-0.3, -0.25) is 19.8 Å². The molecule has 0 radical (unpaired) electrons. The van der Waals surface area contributed by atoms with E-state index in [0.717, 1.165) is 27.7 Å². The van der Waals surface area contributed by atoms with Crippen LogP contribution in [0.15, 0.2) is 48.5 Å². The summed E-state index contributed by atoms with van der Waals surface area (Å²) in [5.74, 6) is -1.49. The van der Waals surface area contributed by atoms with Gasteiger partial charge < -0.3 is 10.1 Å². The fourth-order valence-corrected chi connectivity index (χ4v) is 4.07. The van der Waals surface area contributed by atoms with Crippen molar-refractivity contribution >= 4 is 34.3 Å². The molecule has 1 saturated heterocycles. The summed E-state index contributed by atoms with van der Waals surface area (Å²) >= 11 is 6.31. The number of hydrogen-bond acceptors (Lipinski definition) is 5.